The zero-order valence-electron chi connectivity index (χ0n) is 13.3. The van der Waals surface area contributed by atoms with Gasteiger partial charge in [-0.15, -0.1) is 11.3 Å². The molecule has 1 unspecified atom stereocenters. The van der Waals surface area contributed by atoms with Crippen molar-refractivity contribution < 1.29 is 13.9 Å². The molecule has 3 heterocycles. The van der Waals surface area contributed by atoms with Crippen LogP contribution in [0.2, 0.25) is 0 Å². The fourth-order valence-corrected chi connectivity index (χ4v) is 4.13. The first kappa shape index (κ1) is 15.3. The van der Waals surface area contributed by atoms with Gasteiger partial charge in [-0.25, -0.2) is 14.2 Å². The van der Waals surface area contributed by atoms with Crippen LogP contribution in [-0.2, 0) is 17.7 Å². The molecule has 0 fully saturated rings. The average Bonchev–Trinajstić information content (AvgIpc) is 3.16. The summed E-state index contributed by atoms with van der Waals surface area (Å²) in [5, 5.41) is 3.44. The molecule has 1 aliphatic rings. The van der Waals surface area contributed by atoms with Crippen LogP contribution < -0.4 is 5.32 Å². The highest BCUT2D eigenvalue weighted by Crippen LogP contribution is 2.34. The predicted octanol–water partition coefficient (Wildman–Crippen LogP) is 3.25. The van der Waals surface area contributed by atoms with Gasteiger partial charge in [-0.1, -0.05) is 0 Å². The number of nitrogens with one attached hydrogen (secondary N) is 2. The number of carbonyl (C=O) groups is 1. The number of nitrogens with zero attached hydrogens (tertiary/aromatic N) is 1. The number of hydrogen-bond donors (Lipinski definition) is 2. The topological polar surface area (TPSA) is 67.0 Å². The smallest absolute Gasteiger partial charge is 0.340 e. The Hall–Kier alpha value is -2.25. The Morgan fingerprint density at radius 2 is 2.25 bits per heavy atom. The maximum atomic E-state index is 13.8. The third-order valence-corrected chi connectivity index (χ3v) is 5.41. The fraction of sp³-hybridized carbons (Fsp3) is 0.294. The molecular weight excluding hydrogens is 329 g/mol. The van der Waals surface area contributed by atoms with E-state index in [1.165, 1.54) is 23.6 Å². The number of hydrogen-bond acceptors (Lipinski definition) is 5. The lowest BCUT2D eigenvalue weighted by Crippen LogP contribution is -2.31. The molecule has 0 bridgehead atoms. The van der Waals surface area contributed by atoms with Gasteiger partial charge in [0.05, 0.1) is 23.1 Å². The Kier molecular flexibility index (Phi) is 3.62. The van der Waals surface area contributed by atoms with Crippen LogP contribution in [0.3, 0.4) is 0 Å². The van der Waals surface area contributed by atoms with E-state index in [0.29, 0.717) is 22.9 Å². The molecule has 0 saturated carbocycles. The SMILES string of the molecule is COC(=O)c1cc(F)cc2[nH]c(-c3cc4c(s3)CNC(C)C4)nc12. The van der Waals surface area contributed by atoms with E-state index in [2.05, 4.69) is 28.3 Å². The van der Waals surface area contributed by atoms with Gasteiger partial charge in [-0.2, -0.15) is 0 Å². The van der Waals surface area contributed by atoms with E-state index >= 15 is 0 Å². The number of thiophene rings is 1. The quantitative estimate of drug-likeness (QED) is 0.700. The summed E-state index contributed by atoms with van der Waals surface area (Å²) in [6, 6.07) is 5.08. The number of fused-ring (bicyclic) bond motifs is 2. The number of H-pyrrole nitrogens is 1. The lowest BCUT2D eigenvalue weighted by molar-refractivity contribution is 0.0602. The molecule has 24 heavy (non-hydrogen) atoms. The van der Waals surface area contributed by atoms with Gasteiger partial charge in [0, 0.05) is 17.5 Å². The van der Waals surface area contributed by atoms with Crippen molar-refractivity contribution in [3.8, 4) is 10.7 Å². The second-order valence-corrected chi connectivity index (χ2v) is 7.11. The summed E-state index contributed by atoms with van der Waals surface area (Å²) in [5.74, 6) is -0.449. The second kappa shape index (κ2) is 5.68. The summed E-state index contributed by atoms with van der Waals surface area (Å²) >= 11 is 1.66. The molecule has 1 aliphatic heterocycles. The molecule has 2 aromatic heterocycles. The highest BCUT2D eigenvalue weighted by atomic mass is 32.1. The average molecular weight is 345 g/mol. The predicted molar refractivity (Wildman–Crippen MR) is 90.7 cm³/mol. The van der Waals surface area contributed by atoms with Crippen LogP contribution >= 0.6 is 11.3 Å². The molecule has 0 radical (unpaired) electrons. The van der Waals surface area contributed by atoms with Crippen molar-refractivity contribution in [3.63, 3.8) is 0 Å². The van der Waals surface area contributed by atoms with E-state index in [-0.39, 0.29) is 5.56 Å². The van der Waals surface area contributed by atoms with E-state index in [9.17, 15) is 9.18 Å². The van der Waals surface area contributed by atoms with Crippen molar-refractivity contribution in [1.29, 1.82) is 0 Å². The lowest BCUT2D eigenvalue weighted by Gasteiger charge is -2.19. The minimum absolute atomic E-state index is 0.131. The first-order valence-corrected chi connectivity index (χ1v) is 8.49. The molecular formula is C17H16FN3O2S. The van der Waals surface area contributed by atoms with Crippen LogP contribution in [0.5, 0.6) is 0 Å². The van der Waals surface area contributed by atoms with E-state index < -0.39 is 11.8 Å². The van der Waals surface area contributed by atoms with Gasteiger partial charge in [0.25, 0.3) is 0 Å². The number of benzene rings is 1. The number of ether oxygens (including phenoxy) is 1. The standard InChI is InChI=1S/C17H16FN3O2S/c1-8-3-9-4-13(24-14(9)7-19-8)16-20-12-6-10(18)5-11(15(12)21-16)17(22)23-2/h4-6,8,19H,3,7H2,1-2H3,(H,20,21). The molecule has 0 spiro atoms. The van der Waals surface area contributed by atoms with Gasteiger partial charge in [-0.05, 0) is 37.1 Å². The summed E-state index contributed by atoms with van der Waals surface area (Å²) in [6.45, 7) is 3.01. The van der Waals surface area contributed by atoms with Gasteiger partial charge in [0.15, 0.2) is 0 Å². The van der Waals surface area contributed by atoms with E-state index in [0.717, 1.165) is 23.9 Å². The van der Waals surface area contributed by atoms with Crippen molar-refractivity contribution in [2.24, 2.45) is 0 Å². The summed E-state index contributed by atoms with van der Waals surface area (Å²) in [5.41, 5.74) is 2.37. The van der Waals surface area contributed by atoms with Crippen LogP contribution in [0, 0.1) is 5.82 Å². The van der Waals surface area contributed by atoms with Crippen LogP contribution in [-0.4, -0.2) is 29.1 Å². The molecule has 1 atom stereocenters. The molecule has 1 aromatic carbocycles. The minimum atomic E-state index is -0.596. The lowest BCUT2D eigenvalue weighted by atomic mass is 10.0. The van der Waals surface area contributed by atoms with Gasteiger partial charge in [0.2, 0.25) is 0 Å². The second-order valence-electron chi connectivity index (χ2n) is 5.97. The van der Waals surface area contributed by atoms with Gasteiger partial charge < -0.3 is 15.0 Å². The molecule has 0 aliphatic carbocycles. The van der Waals surface area contributed by atoms with Crippen molar-refractivity contribution in [2.75, 3.05) is 7.11 Å². The third kappa shape index (κ3) is 2.50. The molecule has 0 amide bonds. The summed E-state index contributed by atoms with van der Waals surface area (Å²) in [6.07, 6.45) is 0.980. The minimum Gasteiger partial charge on any atom is -0.465 e. The summed E-state index contributed by atoms with van der Waals surface area (Å²) in [4.78, 5) is 21.8. The Balaban J connectivity index is 1.82. The summed E-state index contributed by atoms with van der Waals surface area (Å²) < 4.78 is 18.5. The van der Waals surface area contributed by atoms with Crippen LogP contribution in [0.1, 0.15) is 27.7 Å². The maximum Gasteiger partial charge on any atom is 0.340 e. The first-order valence-electron chi connectivity index (χ1n) is 7.68. The van der Waals surface area contributed by atoms with Crippen molar-refractivity contribution in [1.82, 2.24) is 15.3 Å². The van der Waals surface area contributed by atoms with Crippen molar-refractivity contribution in [3.05, 3.63) is 40.0 Å². The van der Waals surface area contributed by atoms with E-state index in [1.807, 2.05) is 0 Å². The van der Waals surface area contributed by atoms with Crippen molar-refractivity contribution >= 4 is 28.3 Å². The summed E-state index contributed by atoms with van der Waals surface area (Å²) in [7, 11) is 1.27. The molecule has 7 heteroatoms. The molecule has 3 aromatic rings. The number of carbonyl (C=O) groups excluding carboxylic acids is 1. The highest BCUT2D eigenvalue weighted by Gasteiger charge is 2.21. The van der Waals surface area contributed by atoms with Crippen LogP contribution in [0.25, 0.3) is 21.7 Å². The molecule has 5 nitrogen and oxygen atoms in total. The largest absolute Gasteiger partial charge is 0.465 e. The molecule has 2 N–H and O–H groups in total. The Morgan fingerprint density at radius 3 is 3.04 bits per heavy atom. The Labute approximate surface area is 141 Å². The van der Waals surface area contributed by atoms with Crippen LogP contribution in [0.4, 0.5) is 4.39 Å². The highest BCUT2D eigenvalue weighted by molar-refractivity contribution is 7.15. The van der Waals surface area contributed by atoms with Gasteiger partial charge >= 0.3 is 5.97 Å². The number of imidazole rings is 1. The molecule has 0 saturated heterocycles. The zero-order valence-corrected chi connectivity index (χ0v) is 14.1. The number of halogens is 1. The molecule has 4 rings (SSSR count). The zero-order chi connectivity index (χ0) is 16.8. The monoisotopic (exact) mass is 345 g/mol. The molecule has 124 valence electrons. The Bertz CT molecular complexity index is 947. The van der Waals surface area contributed by atoms with Gasteiger partial charge in [-0.3, -0.25) is 0 Å². The van der Waals surface area contributed by atoms with E-state index in [1.54, 1.807) is 11.3 Å². The first-order chi connectivity index (χ1) is 11.5. The van der Waals surface area contributed by atoms with E-state index in [4.69, 9.17) is 4.74 Å². The number of rotatable bonds is 2. The Morgan fingerprint density at radius 1 is 1.42 bits per heavy atom. The number of methoxy groups -OCH3 is 1. The number of aromatic nitrogens is 2. The number of aromatic amines is 1. The third-order valence-electron chi connectivity index (χ3n) is 4.22. The fourth-order valence-electron chi connectivity index (χ4n) is 3.04. The van der Waals surface area contributed by atoms with Crippen LogP contribution in [0.15, 0.2) is 18.2 Å². The maximum absolute atomic E-state index is 13.8. The van der Waals surface area contributed by atoms with Crippen molar-refractivity contribution in [2.45, 2.75) is 25.9 Å². The normalized spacial score (nSPS) is 17.0. The van der Waals surface area contributed by atoms with Gasteiger partial charge in [0.1, 0.15) is 17.2 Å². The number of esters is 1.